The highest BCUT2D eigenvalue weighted by Gasteiger charge is 2.34. The van der Waals surface area contributed by atoms with Crippen molar-refractivity contribution in [3.05, 3.63) is 56.7 Å². The Labute approximate surface area is 131 Å². The van der Waals surface area contributed by atoms with Crippen molar-refractivity contribution in [2.45, 2.75) is 6.18 Å². The molecule has 1 aromatic carbocycles. The van der Waals surface area contributed by atoms with Gasteiger partial charge in [0.2, 0.25) is 5.69 Å². The zero-order valence-corrected chi connectivity index (χ0v) is 11.9. The SMILES string of the molecule is NC(=O)c1nc(-c2ccccc2C(F)(F)F)cc(Cl)c1[N+](=O)[O-]. The third-order valence-electron chi connectivity index (χ3n) is 2.87. The number of pyridine rings is 1. The number of alkyl halides is 3. The predicted octanol–water partition coefficient (Wildman–Crippen LogP) is 3.43. The number of hydrogen-bond acceptors (Lipinski definition) is 4. The van der Waals surface area contributed by atoms with E-state index in [1.165, 1.54) is 12.1 Å². The van der Waals surface area contributed by atoms with Gasteiger partial charge in [0.05, 0.1) is 16.2 Å². The summed E-state index contributed by atoms with van der Waals surface area (Å²) in [6.07, 6.45) is -4.68. The zero-order chi connectivity index (χ0) is 17.4. The lowest BCUT2D eigenvalue weighted by Gasteiger charge is -2.13. The molecule has 1 aromatic heterocycles. The van der Waals surface area contributed by atoms with E-state index in [1.807, 2.05) is 0 Å². The largest absolute Gasteiger partial charge is 0.417 e. The Hall–Kier alpha value is -2.68. The summed E-state index contributed by atoms with van der Waals surface area (Å²) >= 11 is 5.72. The first-order valence-electron chi connectivity index (χ1n) is 5.94. The fraction of sp³-hybridized carbons (Fsp3) is 0.0769. The van der Waals surface area contributed by atoms with E-state index < -0.39 is 39.0 Å². The highest BCUT2D eigenvalue weighted by atomic mass is 35.5. The molecular formula is C13H7ClF3N3O3. The van der Waals surface area contributed by atoms with Gasteiger partial charge >= 0.3 is 11.9 Å². The van der Waals surface area contributed by atoms with E-state index in [0.29, 0.717) is 0 Å². The van der Waals surface area contributed by atoms with Gasteiger partial charge in [0.15, 0.2) is 0 Å². The first-order chi connectivity index (χ1) is 10.6. The second-order valence-electron chi connectivity index (χ2n) is 4.35. The van der Waals surface area contributed by atoms with Gasteiger partial charge < -0.3 is 5.73 Å². The number of carbonyl (C=O) groups excluding carboxylic acids is 1. The molecule has 0 saturated carbocycles. The molecule has 1 heterocycles. The summed E-state index contributed by atoms with van der Waals surface area (Å²) < 4.78 is 39.1. The van der Waals surface area contributed by atoms with E-state index in [0.717, 1.165) is 18.2 Å². The van der Waals surface area contributed by atoms with Crippen molar-refractivity contribution < 1.29 is 22.9 Å². The molecule has 10 heteroatoms. The highest BCUT2D eigenvalue weighted by molar-refractivity contribution is 6.33. The maximum Gasteiger partial charge on any atom is 0.417 e. The first-order valence-corrected chi connectivity index (χ1v) is 6.32. The van der Waals surface area contributed by atoms with Crippen LogP contribution >= 0.6 is 11.6 Å². The number of hydrogen-bond donors (Lipinski definition) is 1. The van der Waals surface area contributed by atoms with Gasteiger partial charge in [0.1, 0.15) is 5.02 Å². The predicted molar refractivity (Wildman–Crippen MR) is 74.9 cm³/mol. The average molecular weight is 346 g/mol. The normalized spacial score (nSPS) is 11.3. The summed E-state index contributed by atoms with van der Waals surface area (Å²) in [7, 11) is 0. The van der Waals surface area contributed by atoms with E-state index in [1.54, 1.807) is 0 Å². The second-order valence-corrected chi connectivity index (χ2v) is 4.76. The quantitative estimate of drug-likeness (QED) is 0.680. The summed E-state index contributed by atoms with van der Waals surface area (Å²) in [5, 5.41) is 10.4. The van der Waals surface area contributed by atoms with Crippen LogP contribution in [-0.2, 0) is 6.18 Å². The van der Waals surface area contributed by atoms with Crippen molar-refractivity contribution in [1.82, 2.24) is 4.98 Å². The molecule has 0 atom stereocenters. The van der Waals surface area contributed by atoms with Gasteiger partial charge in [0.25, 0.3) is 5.91 Å². The average Bonchev–Trinajstić information content (AvgIpc) is 2.44. The Morgan fingerprint density at radius 3 is 2.43 bits per heavy atom. The Kier molecular flexibility index (Phi) is 4.24. The van der Waals surface area contributed by atoms with E-state index >= 15 is 0 Å². The summed E-state index contributed by atoms with van der Waals surface area (Å²) in [5.41, 5.74) is 1.60. The van der Waals surface area contributed by atoms with Gasteiger partial charge in [-0.1, -0.05) is 29.8 Å². The van der Waals surface area contributed by atoms with E-state index in [4.69, 9.17) is 17.3 Å². The van der Waals surface area contributed by atoms with Crippen LogP contribution in [0, 0.1) is 10.1 Å². The summed E-state index contributed by atoms with van der Waals surface area (Å²) in [5.74, 6) is -1.27. The minimum atomic E-state index is -4.68. The van der Waals surface area contributed by atoms with Gasteiger partial charge in [-0.2, -0.15) is 13.2 Å². The van der Waals surface area contributed by atoms with Crippen LogP contribution in [0.4, 0.5) is 18.9 Å². The molecule has 0 unspecified atom stereocenters. The van der Waals surface area contributed by atoms with Crippen LogP contribution in [0.15, 0.2) is 30.3 Å². The Bertz CT molecular complexity index is 809. The molecule has 6 nitrogen and oxygen atoms in total. The molecule has 1 amide bonds. The van der Waals surface area contributed by atoms with Gasteiger partial charge in [-0.15, -0.1) is 0 Å². The molecule has 0 saturated heterocycles. The van der Waals surface area contributed by atoms with Crippen molar-refractivity contribution >= 4 is 23.2 Å². The molecule has 2 aromatic rings. The molecule has 0 radical (unpaired) electrons. The third-order valence-corrected chi connectivity index (χ3v) is 3.16. The molecule has 0 aliphatic carbocycles. The number of amides is 1. The van der Waals surface area contributed by atoms with E-state index in [2.05, 4.69) is 4.98 Å². The van der Waals surface area contributed by atoms with Gasteiger partial charge in [-0.3, -0.25) is 14.9 Å². The molecular weight excluding hydrogens is 339 g/mol. The standard InChI is InChI=1S/C13H7ClF3N3O3/c14-8-5-9(19-10(12(18)21)11(8)20(22)23)6-3-1-2-4-7(6)13(15,16)17/h1-5H,(H2,18,21). The fourth-order valence-corrected chi connectivity index (χ4v) is 2.21. The minimum absolute atomic E-state index is 0.345. The number of nitro groups is 1. The number of benzene rings is 1. The topological polar surface area (TPSA) is 99.1 Å². The Balaban J connectivity index is 2.77. The Morgan fingerprint density at radius 1 is 1.30 bits per heavy atom. The van der Waals surface area contributed by atoms with E-state index in [9.17, 15) is 28.1 Å². The minimum Gasteiger partial charge on any atom is -0.364 e. The molecule has 0 spiro atoms. The van der Waals surface area contributed by atoms with Crippen LogP contribution in [-0.4, -0.2) is 15.8 Å². The van der Waals surface area contributed by atoms with Crippen molar-refractivity contribution in [3.63, 3.8) is 0 Å². The van der Waals surface area contributed by atoms with Crippen LogP contribution in [0.2, 0.25) is 5.02 Å². The summed E-state index contributed by atoms with van der Waals surface area (Å²) in [6.45, 7) is 0. The maximum absolute atomic E-state index is 13.0. The molecule has 0 aliphatic rings. The van der Waals surface area contributed by atoms with Gasteiger partial charge in [-0.25, -0.2) is 4.98 Å². The molecule has 0 fully saturated rings. The molecule has 23 heavy (non-hydrogen) atoms. The second kappa shape index (κ2) is 5.84. The summed E-state index contributed by atoms with van der Waals surface area (Å²) in [6, 6.07) is 5.31. The van der Waals surface area contributed by atoms with Crippen molar-refractivity contribution in [2.24, 2.45) is 5.73 Å². The van der Waals surface area contributed by atoms with Crippen LogP contribution in [0.25, 0.3) is 11.3 Å². The molecule has 0 aliphatic heterocycles. The van der Waals surface area contributed by atoms with Crippen molar-refractivity contribution in [2.75, 3.05) is 0 Å². The fourth-order valence-electron chi connectivity index (χ4n) is 1.94. The third kappa shape index (κ3) is 3.24. The van der Waals surface area contributed by atoms with E-state index in [-0.39, 0.29) is 11.3 Å². The maximum atomic E-state index is 13.0. The van der Waals surface area contributed by atoms with Gasteiger partial charge in [0, 0.05) is 5.56 Å². The monoisotopic (exact) mass is 345 g/mol. The number of carbonyl (C=O) groups is 1. The molecule has 2 N–H and O–H groups in total. The summed E-state index contributed by atoms with van der Waals surface area (Å²) in [4.78, 5) is 24.9. The molecule has 2 rings (SSSR count). The molecule has 120 valence electrons. The van der Waals surface area contributed by atoms with Crippen LogP contribution in [0.1, 0.15) is 16.1 Å². The lowest BCUT2D eigenvalue weighted by atomic mass is 10.0. The van der Waals surface area contributed by atoms with Crippen molar-refractivity contribution in [3.8, 4) is 11.3 Å². The van der Waals surface area contributed by atoms with Crippen LogP contribution < -0.4 is 5.73 Å². The number of halogens is 4. The van der Waals surface area contributed by atoms with Gasteiger partial charge in [-0.05, 0) is 12.1 Å². The smallest absolute Gasteiger partial charge is 0.364 e. The number of nitrogens with zero attached hydrogens (tertiary/aromatic N) is 2. The van der Waals surface area contributed by atoms with Crippen LogP contribution in [0.5, 0.6) is 0 Å². The number of primary amides is 1. The first kappa shape index (κ1) is 16.7. The lowest BCUT2D eigenvalue weighted by Crippen LogP contribution is -2.17. The van der Waals surface area contributed by atoms with Crippen molar-refractivity contribution in [1.29, 1.82) is 0 Å². The number of rotatable bonds is 3. The number of aromatic nitrogens is 1. The lowest BCUT2D eigenvalue weighted by molar-refractivity contribution is -0.385. The van der Waals surface area contributed by atoms with Crippen LogP contribution in [0.3, 0.4) is 0 Å². The highest BCUT2D eigenvalue weighted by Crippen LogP contribution is 2.38. The number of nitrogens with two attached hydrogens (primary N) is 1. The Morgan fingerprint density at radius 2 is 1.91 bits per heavy atom. The zero-order valence-electron chi connectivity index (χ0n) is 11.1. The molecule has 0 bridgehead atoms.